The summed E-state index contributed by atoms with van der Waals surface area (Å²) in [5.41, 5.74) is 0.308. The van der Waals surface area contributed by atoms with Crippen LogP contribution in [-0.4, -0.2) is 52.3 Å². The Bertz CT molecular complexity index is 944. The molecule has 1 aromatic carbocycles. The molecule has 2 aliphatic rings. The van der Waals surface area contributed by atoms with Gasteiger partial charge in [-0.05, 0) is 25.0 Å². The minimum absolute atomic E-state index is 0.0528. The third-order valence-corrected chi connectivity index (χ3v) is 4.93. The second kappa shape index (κ2) is 7.78. The van der Waals surface area contributed by atoms with Crippen LogP contribution in [0, 0.1) is 16.0 Å². The van der Waals surface area contributed by atoms with Crippen molar-refractivity contribution in [3.05, 3.63) is 34.6 Å². The lowest BCUT2D eigenvalue weighted by Crippen LogP contribution is -2.37. The largest absolute Gasteiger partial charge is 0.486 e. The number of carboxylic acids is 1. The molecule has 0 aliphatic carbocycles. The maximum atomic E-state index is 11.8. The highest BCUT2D eigenvalue weighted by Crippen LogP contribution is 2.38. The Morgan fingerprint density at radius 3 is 2.62 bits per heavy atom. The number of nitrogens with zero attached hydrogens (tertiary/aromatic N) is 4. The molecule has 29 heavy (non-hydrogen) atoms. The molecule has 0 bridgehead atoms. The van der Waals surface area contributed by atoms with E-state index in [0.29, 0.717) is 56.3 Å². The van der Waals surface area contributed by atoms with Gasteiger partial charge < -0.3 is 24.8 Å². The van der Waals surface area contributed by atoms with Crippen LogP contribution in [0.25, 0.3) is 0 Å². The summed E-state index contributed by atoms with van der Waals surface area (Å²) in [6, 6.07) is 5.14. The summed E-state index contributed by atoms with van der Waals surface area (Å²) in [7, 11) is 0. The number of hydrogen-bond donors (Lipinski definition) is 2. The Kier molecular flexibility index (Phi) is 5.02. The summed E-state index contributed by atoms with van der Waals surface area (Å²) < 4.78 is 11.0. The van der Waals surface area contributed by atoms with Crippen LogP contribution in [0.3, 0.4) is 0 Å². The van der Waals surface area contributed by atoms with E-state index in [4.69, 9.17) is 14.6 Å². The minimum atomic E-state index is -0.845. The molecule has 1 saturated heterocycles. The SMILES string of the molecule is O=C(O)C1CCN(c2ncnc(Nc3ccc4c(c3)OCCO4)c2[N+](=O)[O-])CC1. The lowest BCUT2D eigenvalue weighted by atomic mass is 9.97. The zero-order valence-corrected chi connectivity index (χ0v) is 15.4. The van der Waals surface area contributed by atoms with Gasteiger partial charge in [0.05, 0.1) is 10.8 Å². The highest BCUT2D eigenvalue weighted by atomic mass is 16.6. The van der Waals surface area contributed by atoms with Crippen molar-refractivity contribution in [2.75, 3.05) is 36.5 Å². The number of fused-ring (bicyclic) bond motifs is 1. The van der Waals surface area contributed by atoms with E-state index in [1.807, 2.05) is 0 Å². The first-order valence-corrected chi connectivity index (χ1v) is 9.16. The standard InChI is InChI=1S/C18H19N5O6/c24-18(25)11-3-5-22(6-4-11)17-15(23(26)27)16(19-10-20-17)21-12-1-2-13-14(9-12)29-8-7-28-13/h1-2,9-11H,3-8H2,(H,24,25)(H,19,20,21). The van der Waals surface area contributed by atoms with E-state index in [1.54, 1.807) is 23.1 Å². The third kappa shape index (κ3) is 3.84. The summed E-state index contributed by atoms with van der Waals surface area (Å²) >= 11 is 0. The topological polar surface area (TPSA) is 140 Å². The highest BCUT2D eigenvalue weighted by molar-refractivity contribution is 5.76. The second-order valence-corrected chi connectivity index (χ2v) is 6.73. The van der Waals surface area contributed by atoms with Gasteiger partial charge in [-0.15, -0.1) is 0 Å². The zero-order chi connectivity index (χ0) is 20.4. The van der Waals surface area contributed by atoms with E-state index in [9.17, 15) is 14.9 Å². The minimum Gasteiger partial charge on any atom is -0.486 e. The number of ether oxygens (including phenoxy) is 2. The number of carbonyl (C=O) groups is 1. The number of rotatable bonds is 5. The summed E-state index contributed by atoms with van der Waals surface area (Å²) in [6.45, 7) is 1.65. The van der Waals surface area contributed by atoms with Crippen molar-refractivity contribution < 1.29 is 24.3 Å². The third-order valence-electron chi connectivity index (χ3n) is 4.93. The molecule has 2 N–H and O–H groups in total. The van der Waals surface area contributed by atoms with Gasteiger partial charge in [-0.1, -0.05) is 0 Å². The number of piperidine rings is 1. The molecule has 11 nitrogen and oxygen atoms in total. The summed E-state index contributed by atoms with van der Waals surface area (Å²) in [6.07, 6.45) is 2.06. The number of benzene rings is 1. The molecule has 0 radical (unpaired) electrons. The van der Waals surface area contributed by atoms with Gasteiger partial charge >= 0.3 is 11.7 Å². The van der Waals surface area contributed by atoms with Crippen molar-refractivity contribution in [3.63, 3.8) is 0 Å². The van der Waals surface area contributed by atoms with Crippen LogP contribution in [0.5, 0.6) is 11.5 Å². The molecule has 152 valence electrons. The van der Waals surface area contributed by atoms with Gasteiger partial charge in [-0.3, -0.25) is 14.9 Å². The van der Waals surface area contributed by atoms with Gasteiger partial charge in [0.1, 0.15) is 19.5 Å². The van der Waals surface area contributed by atoms with E-state index < -0.39 is 16.8 Å². The van der Waals surface area contributed by atoms with E-state index in [0.717, 1.165) is 0 Å². The predicted octanol–water partition coefficient (Wildman–Crippen LogP) is 2.20. The van der Waals surface area contributed by atoms with Gasteiger partial charge in [0.2, 0.25) is 11.6 Å². The van der Waals surface area contributed by atoms with Gasteiger partial charge in [0.25, 0.3) is 0 Å². The second-order valence-electron chi connectivity index (χ2n) is 6.73. The average molecular weight is 401 g/mol. The monoisotopic (exact) mass is 401 g/mol. The number of nitro groups is 1. The molecule has 1 fully saturated rings. The first kappa shape index (κ1) is 18.7. The van der Waals surface area contributed by atoms with Crippen LogP contribution in [0.1, 0.15) is 12.8 Å². The molecule has 0 amide bonds. The van der Waals surface area contributed by atoms with E-state index in [2.05, 4.69) is 15.3 Å². The summed E-state index contributed by atoms with van der Waals surface area (Å²) in [5, 5.41) is 23.9. The first-order chi connectivity index (χ1) is 14.0. The Morgan fingerprint density at radius 1 is 1.21 bits per heavy atom. The predicted molar refractivity (Wildman–Crippen MR) is 102 cm³/mol. The van der Waals surface area contributed by atoms with Crippen LogP contribution >= 0.6 is 0 Å². The number of carboxylic acid groups (broad SMARTS) is 1. The van der Waals surface area contributed by atoms with Crippen molar-refractivity contribution in [1.82, 2.24) is 9.97 Å². The Balaban J connectivity index is 1.60. The smallest absolute Gasteiger partial charge is 0.353 e. The van der Waals surface area contributed by atoms with Gasteiger partial charge in [-0.25, -0.2) is 9.97 Å². The molecule has 0 spiro atoms. The molecule has 2 aliphatic heterocycles. The molecular formula is C18H19N5O6. The summed E-state index contributed by atoms with van der Waals surface area (Å²) in [5.74, 6) is 0.103. The van der Waals surface area contributed by atoms with E-state index in [-0.39, 0.29) is 17.3 Å². The number of aliphatic carboxylic acids is 1. The number of hydrogen-bond acceptors (Lipinski definition) is 9. The lowest BCUT2D eigenvalue weighted by molar-refractivity contribution is -0.383. The molecule has 1 aromatic heterocycles. The first-order valence-electron chi connectivity index (χ1n) is 9.16. The molecule has 2 aromatic rings. The van der Waals surface area contributed by atoms with Crippen LogP contribution in [0.2, 0.25) is 0 Å². The van der Waals surface area contributed by atoms with Crippen LogP contribution in [0.4, 0.5) is 23.0 Å². The van der Waals surface area contributed by atoms with E-state index in [1.165, 1.54) is 6.33 Å². The van der Waals surface area contributed by atoms with Crippen molar-refractivity contribution >= 4 is 29.0 Å². The van der Waals surface area contributed by atoms with Gasteiger partial charge in [-0.2, -0.15) is 0 Å². The van der Waals surface area contributed by atoms with Crippen molar-refractivity contribution in [1.29, 1.82) is 0 Å². The van der Waals surface area contributed by atoms with E-state index >= 15 is 0 Å². The fraction of sp³-hybridized carbons (Fsp3) is 0.389. The zero-order valence-electron chi connectivity index (χ0n) is 15.4. The van der Waals surface area contributed by atoms with Crippen LogP contribution in [-0.2, 0) is 4.79 Å². The molecule has 11 heteroatoms. The van der Waals surface area contributed by atoms with Crippen LogP contribution < -0.4 is 19.7 Å². The normalized spacial score (nSPS) is 16.3. The lowest BCUT2D eigenvalue weighted by Gasteiger charge is -2.30. The maximum absolute atomic E-state index is 11.8. The Labute approximate surface area is 165 Å². The Morgan fingerprint density at radius 2 is 1.93 bits per heavy atom. The quantitative estimate of drug-likeness (QED) is 0.566. The number of nitrogens with one attached hydrogen (secondary N) is 1. The number of anilines is 3. The number of aromatic nitrogens is 2. The van der Waals surface area contributed by atoms with Crippen molar-refractivity contribution in [3.8, 4) is 11.5 Å². The van der Waals surface area contributed by atoms with Crippen molar-refractivity contribution in [2.24, 2.45) is 5.92 Å². The molecule has 0 atom stereocenters. The molecule has 3 heterocycles. The van der Waals surface area contributed by atoms with Crippen molar-refractivity contribution in [2.45, 2.75) is 12.8 Å². The molecule has 4 rings (SSSR count). The molecule has 0 unspecified atom stereocenters. The average Bonchev–Trinajstić information content (AvgIpc) is 2.73. The summed E-state index contributed by atoms with van der Waals surface area (Å²) in [4.78, 5) is 32.3. The molecule has 0 saturated carbocycles. The highest BCUT2D eigenvalue weighted by Gasteiger charge is 2.31. The molecular weight excluding hydrogens is 382 g/mol. The van der Waals surface area contributed by atoms with Crippen LogP contribution in [0.15, 0.2) is 24.5 Å². The van der Waals surface area contributed by atoms with Gasteiger partial charge in [0, 0.05) is 24.8 Å². The Hall–Kier alpha value is -3.63. The fourth-order valence-electron chi connectivity index (χ4n) is 3.46. The fourth-order valence-corrected chi connectivity index (χ4v) is 3.46. The maximum Gasteiger partial charge on any atom is 0.353 e. The van der Waals surface area contributed by atoms with Gasteiger partial charge in [0.15, 0.2) is 11.5 Å².